The van der Waals surface area contributed by atoms with Crippen LogP contribution >= 0.6 is 0 Å². The van der Waals surface area contributed by atoms with Crippen molar-refractivity contribution in [2.45, 2.75) is 18.6 Å². The van der Waals surface area contributed by atoms with Gasteiger partial charge in [-0.15, -0.1) is 0 Å². The molecule has 3 nitrogen and oxygen atoms in total. The third-order valence-electron chi connectivity index (χ3n) is 3.33. The van der Waals surface area contributed by atoms with E-state index in [4.69, 9.17) is 10.5 Å². The summed E-state index contributed by atoms with van der Waals surface area (Å²) in [5.74, 6) is 0.781. The highest BCUT2D eigenvalue weighted by molar-refractivity contribution is 5.89. The fourth-order valence-electron chi connectivity index (χ4n) is 2.34. The Morgan fingerprint density at radius 1 is 1.18 bits per heavy atom. The van der Waals surface area contributed by atoms with Gasteiger partial charge < -0.3 is 15.6 Å². The maximum absolute atomic E-state index is 10.2. The molecular formula is C14H15NO2. The number of fused-ring (bicyclic) bond motifs is 3. The van der Waals surface area contributed by atoms with Gasteiger partial charge in [0, 0.05) is 17.0 Å². The van der Waals surface area contributed by atoms with E-state index in [-0.39, 0.29) is 6.04 Å². The molecular weight excluding hydrogens is 214 g/mol. The zero-order chi connectivity index (χ0) is 11.8. The van der Waals surface area contributed by atoms with Crippen LogP contribution in [0.4, 0.5) is 0 Å². The molecule has 0 bridgehead atoms. The van der Waals surface area contributed by atoms with E-state index in [9.17, 15) is 5.11 Å². The Morgan fingerprint density at radius 2 is 2.00 bits per heavy atom. The van der Waals surface area contributed by atoms with E-state index in [0.29, 0.717) is 13.0 Å². The largest absolute Gasteiger partial charge is 0.492 e. The number of rotatable bonds is 0. The Labute approximate surface area is 99.8 Å². The summed E-state index contributed by atoms with van der Waals surface area (Å²) in [4.78, 5) is 0. The molecule has 0 fully saturated rings. The average molecular weight is 229 g/mol. The van der Waals surface area contributed by atoms with Crippen LogP contribution in [0.1, 0.15) is 18.1 Å². The fraction of sp³-hybridized carbons (Fsp3) is 0.286. The van der Waals surface area contributed by atoms with Gasteiger partial charge in [0.2, 0.25) is 0 Å². The first-order valence-corrected chi connectivity index (χ1v) is 5.85. The molecule has 0 spiro atoms. The van der Waals surface area contributed by atoms with E-state index in [2.05, 4.69) is 0 Å². The molecule has 0 saturated carbocycles. The van der Waals surface area contributed by atoms with E-state index < -0.39 is 6.10 Å². The molecule has 2 aromatic rings. The lowest BCUT2D eigenvalue weighted by molar-refractivity contribution is 0.145. The van der Waals surface area contributed by atoms with Crippen molar-refractivity contribution in [1.82, 2.24) is 0 Å². The summed E-state index contributed by atoms with van der Waals surface area (Å²) in [7, 11) is 0. The van der Waals surface area contributed by atoms with Crippen molar-refractivity contribution in [1.29, 1.82) is 0 Å². The van der Waals surface area contributed by atoms with Crippen LogP contribution in [0.25, 0.3) is 10.8 Å². The van der Waals surface area contributed by atoms with Crippen molar-refractivity contribution in [3.8, 4) is 5.75 Å². The summed E-state index contributed by atoms with van der Waals surface area (Å²) in [5.41, 5.74) is 6.71. The van der Waals surface area contributed by atoms with Gasteiger partial charge >= 0.3 is 0 Å². The van der Waals surface area contributed by atoms with Crippen molar-refractivity contribution in [3.05, 3.63) is 42.0 Å². The van der Waals surface area contributed by atoms with Crippen LogP contribution in [0.3, 0.4) is 0 Å². The predicted octanol–water partition coefficient (Wildman–Crippen LogP) is 1.98. The van der Waals surface area contributed by atoms with Gasteiger partial charge in [0.1, 0.15) is 5.75 Å². The summed E-state index contributed by atoms with van der Waals surface area (Å²) in [6, 6.07) is 11.7. The summed E-state index contributed by atoms with van der Waals surface area (Å²) >= 11 is 0. The van der Waals surface area contributed by atoms with Crippen LogP contribution in [0.2, 0.25) is 0 Å². The Morgan fingerprint density at radius 3 is 2.88 bits per heavy atom. The van der Waals surface area contributed by atoms with Crippen LogP contribution in [0.15, 0.2) is 36.4 Å². The lowest BCUT2D eigenvalue weighted by Gasteiger charge is -2.16. The monoisotopic (exact) mass is 229 g/mol. The maximum atomic E-state index is 10.2. The minimum Gasteiger partial charge on any atom is -0.492 e. The van der Waals surface area contributed by atoms with Crippen LogP contribution in [0.5, 0.6) is 5.75 Å². The van der Waals surface area contributed by atoms with Crippen LogP contribution in [0, 0.1) is 0 Å². The number of aliphatic hydroxyl groups is 1. The second-order valence-corrected chi connectivity index (χ2v) is 4.45. The topological polar surface area (TPSA) is 55.5 Å². The Kier molecular flexibility index (Phi) is 2.50. The quantitative estimate of drug-likeness (QED) is 0.726. The van der Waals surface area contributed by atoms with Gasteiger partial charge in [-0.2, -0.15) is 0 Å². The van der Waals surface area contributed by atoms with Gasteiger partial charge in [0.05, 0.1) is 12.7 Å². The number of nitrogens with two attached hydrogens (primary N) is 1. The summed E-state index contributed by atoms with van der Waals surface area (Å²) in [5, 5.41) is 12.3. The first kappa shape index (κ1) is 10.6. The molecule has 2 aromatic carbocycles. The molecule has 88 valence electrons. The standard InChI is InChI=1S/C14H15NO2/c15-12-7-8-17-14-10-4-2-1-3-9(10)5-6-11(14)13(12)16/h1-6,12-13,16H,7-8,15H2. The van der Waals surface area contributed by atoms with E-state index in [1.165, 1.54) is 0 Å². The van der Waals surface area contributed by atoms with Gasteiger partial charge in [0.15, 0.2) is 0 Å². The molecule has 1 heterocycles. The van der Waals surface area contributed by atoms with Crippen molar-refractivity contribution in [3.63, 3.8) is 0 Å². The van der Waals surface area contributed by atoms with Crippen molar-refractivity contribution in [2.24, 2.45) is 5.73 Å². The number of hydrogen-bond donors (Lipinski definition) is 2. The van der Waals surface area contributed by atoms with E-state index in [1.54, 1.807) is 0 Å². The van der Waals surface area contributed by atoms with Crippen LogP contribution in [-0.2, 0) is 0 Å². The number of hydrogen-bond acceptors (Lipinski definition) is 3. The second-order valence-electron chi connectivity index (χ2n) is 4.45. The molecule has 0 aliphatic carbocycles. The maximum Gasteiger partial charge on any atom is 0.132 e. The minimum absolute atomic E-state index is 0.252. The molecule has 0 radical (unpaired) electrons. The lowest BCUT2D eigenvalue weighted by atomic mass is 9.98. The Bertz CT molecular complexity index is 553. The average Bonchev–Trinajstić information content (AvgIpc) is 2.51. The molecule has 2 atom stereocenters. The summed E-state index contributed by atoms with van der Waals surface area (Å²) < 4.78 is 5.76. The highest BCUT2D eigenvalue weighted by atomic mass is 16.5. The number of benzene rings is 2. The molecule has 0 amide bonds. The first-order valence-electron chi connectivity index (χ1n) is 5.85. The second kappa shape index (κ2) is 4.02. The molecule has 3 heteroatoms. The zero-order valence-corrected chi connectivity index (χ0v) is 9.47. The van der Waals surface area contributed by atoms with E-state index in [1.807, 2.05) is 36.4 Å². The third kappa shape index (κ3) is 1.68. The molecule has 2 unspecified atom stereocenters. The molecule has 0 aromatic heterocycles. The Balaban J connectivity index is 2.25. The van der Waals surface area contributed by atoms with Gasteiger partial charge in [0.25, 0.3) is 0 Å². The van der Waals surface area contributed by atoms with Gasteiger partial charge in [-0.25, -0.2) is 0 Å². The molecule has 3 N–H and O–H groups in total. The van der Waals surface area contributed by atoms with Crippen molar-refractivity contribution < 1.29 is 9.84 Å². The minimum atomic E-state index is -0.642. The molecule has 1 aliphatic heterocycles. The summed E-state index contributed by atoms with van der Waals surface area (Å²) in [6.07, 6.45) is 0.0292. The molecule has 1 aliphatic rings. The third-order valence-corrected chi connectivity index (χ3v) is 3.33. The highest BCUT2D eigenvalue weighted by Gasteiger charge is 2.25. The van der Waals surface area contributed by atoms with Crippen molar-refractivity contribution in [2.75, 3.05) is 6.61 Å². The zero-order valence-electron chi connectivity index (χ0n) is 9.47. The molecule has 0 saturated heterocycles. The summed E-state index contributed by atoms with van der Waals surface area (Å²) in [6.45, 7) is 0.555. The normalized spacial score (nSPS) is 23.9. The Hall–Kier alpha value is -1.58. The van der Waals surface area contributed by atoms with Crippen LogP contribution < -0.4 is 10.5 Å². The predicted molar refractivity (Wildman–Crippen MR) is 67.0 cm³/mol. The molecule has 17 heavy (non-hydrogen) atoms. The van der Waals surface area contributed by atoms with E-state index >= 15 is 0 Å². The fourth-order valence-corrected chi connectivity index (χ4v) is 2.34. The smallest absolute Gasteiger partial charge is 0.132 e. The number of aliphatic hydroxyl groups excluding tert-OH is 1. The van der Waals surface area contributed by atoms with Gasteiger partial charge in [-0.3, -0.25) is 0 Å². The van der Waals surface area contributed by atoms with Crippen molar-refractivity contribution >= 4 is 10.8 Å². The van der Waals surface area contributed by atoms with E-state index in [0.717, 1.165) is 22.1 Å². The van der Waals surface area contributed by atoms with Gasteiger partial charge in [-0.05, 0) is 11.8 Å². The molecule has 3 rings (SSSR count). The highest BCUT2D eigenvalue weighted by Crippen LogP contribution is 2.36. The first-order chi connectivity index (χ1) is 8.27. The van der Waals surface area contributed by atoms with Gasteiger partial charge in [-0.1, -0.05) is 36.4 Å². The SMILES string of the molecule is NC1CCOc2c(ccc3ccccc23)C1O. The van der Waals surface area contributed by atoms with Crippen LogP contribution in [-0.4, -0.2) is 17.8 Å². The number of ether oxygens (including phenoxy) is 1. The lowest BCUT2D eigenvalue weighted by Crippen LogP contribution is -2.28.